The van der Waals surface area contributed by atoms with Crippen LogP contribution in [0, 0.1) is 17.8 Å². The van der Waals surface area contributed by atoms with Crippen molar-refractivity contribution < 1.29 is 19.7 Å². The normalized spacial score (nSPS) is 34.4. The van der Waals surface area contributed by atoms with E-state index in [-0.39, 0.29) is 23.9 Å². The SMILES string of the molecule is C=CC1(CC)OC(n2ccc(=O)[nH]c2=O)C(C)C1C.C=CC1(CO)OC(n2ccc(N)nc2=O)C(C)C1O. The second-order valence-electron chi connectivity index (χ2n) is 9.86. The van der Waals surface area contributed by atoms with Crippen LogP contribution in [-0.2, 0) is 9.47 Å². The van der Waals surface area contributed by atoms with Crippen LogP contribution >= 0.6 is 0 Å². The second kappa shape index (κ2) is 11.2. The van der Waals surface area contributed by atoms with E-state index in [1.807, 2.05) is 19.9 Å². The highest BCUT2D eigenvalue weighted by atomic mass is 16.6. The quantitative estimate of drug-likeness (QED) is 0.395. The van der Waals surface area contributed by atoms with Crippen LogP contribution in [0.2, 0.25) is 0 Å². The zero-order chi connectivity index (χ0) is 28.4. The molecule has 12 heteroatoms. The van der Waals surface area contributed by atoms with Crippen LogP contribution in [0.3, 0.4) is 0 Å². The maximum atomic E-state index is 11.9. The van der Waals surface area contributed by atoms with Crippen LogP contribution in [0.25, 0.3) is 0 Å². The molecule has 208 valence electrons. The van der Waals surface area contributed by atoms with Gasteiger partial charge in [-0.05, 0) is 18.4 Å². The second-order valence-corrected chi connectivity index (χ2v) is 9.86. The van der Waals surface area contributed by atoms with E-state index < -0.39 is 53.0 Å². The molecule has 2 aromatic heterocycles. The smallest absolute Gasteiger partial charge is 0.351 e. The molecule has 2 saturated heterocycles. The summed E-state index contributed by atoms with van der Waals surface area (Å²) in [5.74, 6) is 0.109. The molecule has 8 unspecified atom stereocenters. The van der Waals surface area contributed by atoms with Gasteiger partial charge < -0.3 is 25.4 Å². The summed E-state index contributed by atoms with van der Waals surface area (Å²) in [4.78, 5) is 40.6. The molecule has 4 rings (SSSR count). The highest BCUT2D eigenvalue weighted by Crippen LogP contribution is 2.47. The minimum Gasteiger partial charge on any atom is -0.393 e. The predicted octanol–water partition coefficient (Wildman–Crippen LogP) is 0.941. The van der Waals surface area contributed by atoms with Crippen LogP contribution in [0.15, 0.2) is 64.2 Å². The maximum absolute atomic E-state index is 11.9. The Balaban J connectivity index is 0.000000211. The first-order chi connectivity index (χ1) is 17.9. The number of nitrogens with one attached hydrogen (secondary N) is 1. The van der Waals surface area contributed by atoms with Gasteiger partial charge in [0.05, 0.1) is 18.3 Å². The molecule has 0 bridgehead atoms. The molecule has 2 aliphatic heterocycles. The van der Waals surface area contributed by atoms with E-state index in [0.29, 0.717) is 0 Å². The van der Waals surface area contributed by atoms with E-state index in [1.54, 1.807) is 6.92 Å². The van der Waals surface area contributed by atoms with Gasteiger partial charge in [-0.1, -0.05) is 39.8 Å². The van der Waals surface area contributed by atoms with Gasteiger partial charge in [0.25, 0.3) is 5.56 Å². The lowest BCUT2D eigenvalue weighted by atomic mass is 9.81. The number of hydrogen-bond acceptors (Lipinski definition) is 9. The van der Waals surface area contributed by atoms with Crippen molar-refractivity contribution in [2.45, 2.75) is 63.9 Å². The number of aromatic nitrogens is 4. The summed E-state index contributed by atoms with van der Waals surface area (Å²) >= 11 is 0. The van der Waals surface area contributed by atoms with Crippen molar-refractivity contribution in [3.8, 4) is 0 Å². The fourth-order valence-electron chi connectivity index (χ4n) is 5.15. The van der Waals surface area contributed by atoms with Gasteiger partial charge in [-0.25, -0.2) is 9.59 Å². The molecule has 0 spiro atoms. The van der Waals surface area contributed by atoms with Gasteiger partial charge in [-0.3, -0.25) is 18.9 Å². The highest BCUT2D eigenvalue weighted by Gasteiger charge is 2.52. The number of aromatic amines is 1. The molecule has 2 aliphatic rings. The zero-order valence-electron chi connectivity index (χ0n) is 22.1. The fraction of sp³-hybridized carbons (Fsp3) is 0.538. The predicted molar refractivity (Wildman–Crippen MR) is 141 cm³/mol. The number of hydrogen-bond donors (Lipinski definition) is 4. The van der Waals surface area contributed by atoms with Crippen molar-refractivity contribution in [1.29, 1.82) is 0 Å². The first-order valence-electron chi connectivity index (χ1n) is 12.5. The van der Waals surface area contributed by atoms with Gasteiger partial charge in [0.2, 0.25) is 0 Å². The fourth-order valence-corrected chi connectivity index (χ4v) is 5.15. The minimum absolute atomic E-state index is 0.115. The number of nitrogen functional groups attached to an aromatic ring is 1. The van der Waals surface area contributed by atoms with Gasteiger partial charge in [-0.2, -0.15) is 4.98 Å². The molecular formula is C26H37N5O7. The van der Waals surface area contributed by atoms with Crippen molar-refractivity contribution >= 4 is 5.82 Å². The molecule has 0 aliphatic carbocycles. The monoisotopic (exact) mass is 531 g/mol. The highest BCUT2D eigenvalue weighted by molar-refractivity contribution is 5.24. The molecule has 0 radical (unpaired) electrons. The van der Waals surface area contributed by atoms with Crippen molar-refractivity contribution in [3.05, 3.63) is 81.2 Å². The molecule has 0 saturated carbocycles. The Kier molecular flexibility index (Phi) is 8.62. The zero-order valence-corrected chi connectivity index (χ0v) is 22.1. The Bertz CT molecular complexity index is 1340. The third-order valence-electron chi connectivity index (χ3n) is 7.88. The number of nitrogens with zero attached hydrogens (tertiary/aromatic N) is 3. The van der Waals surface area contributed by atoms with Crippen LogP contribution in [0.5, 0.6) is 0 Å². The Labute approximate surface area is 220 Å². The standard InChI is InChI=1S/C14H20N2O3.C12H17N3O4/c1-5-14(6-2)10(4)9(3)12(19-14)16-8-7-11(17)15-13(16)18;1-3-12(6-16)9(17)7(2)10(19-12)15-5-4-8(13)14-11(15)18/h5,7-10,12H,1,6H2,2-4H3,(H,15,17,18);3-5,7,9-10,16-17H,1,6H2,2H3,(H2,13,14,18). The average Bonchev–Trinajstić information content (AvgIpc) is 3.30. The molecule has 0 amide bonds. The van der Waals surface area contributed by atoms with Crippen molar-refractivity contribution in [2.75, 3.05) is 12.3 Å². The van der Waals surface area contributed by atoms with Gasteiger partial charge in [-0.15, -0.1) is 13.2 Å². The summed E-state index contributed by atoms with van der Waals surface area (Å²) in [5, 5.41) is 19.6. The summed E-state index contributed by atoms with van der Waals surface area (Å²) < 4.78 is 14.4. The summed E-state index contributed by atoms with van der Waals surface area (Å²) in [6.45, 7) is 14.9. The number of aliphatic hydroxyl groups is 2. The lowest BCUT2D eigenvalue weighted by Crippen LogP contribution is -2.42. The minimum atomic E-state index is -1.27. The van der Waals surface area contributed by atoms with E-state index in [2.05, 4.69) is 30.0 Å². The van der Waals surface area contributed by atoms with Gasteiger partial charge in [0.15, 0.2) is 0 Å². The number of ether oxygens (including phenoxy) is 2. The average molecular weight is 532 g/mol. The van der Waals surface area contributed by atoms with Gasteiger partial charge in [0, 0.05) is 30.3 Å². The van der Waals surface area contributed by atoms with E-state index in [9.17, 15) is 24.6 Å². The molecule has 12 nitrogen and oxygen atoms in total. The number of anilines is 1. The summed E-state index contributed by atoms with van der Waals surface area (Å²) in [5.41, 5.74) is 2.33. The molecule has 4 heterocycles. The molecule has 5 N–H and O–H groups in total. The van der Waals surface area contributed by atoms with Crippen molar-refractivity contribution in [2.24, 2.45) is 17.8 Å². The molecule has 2 fully saturated rings. The maximum Gasteiger partial charge on any atom is 0.351 e. The first-order valence-corrected chi connectivity index (χ1v) is 12.5. The number of rotatable bonds is 6. The number of H-pyrrole nitrogens is 1. The number of aliphatic hydroxyl groups excluding tert-OH is 2. The Hall–Kier alpha value is -3.32. The van der Waals surface area contributed by atoms with Crippen LogP contribution in [-0.4, -0.2) is 53.2 Å². The van der Waals surface area contributed by atoms with E-state index >= 15 is 0 Å². The third-order valence-corrected chi connectivity index (χ3v) is 7.88. The Morgan fingerprint density at radius 1 is 1.05 bits per heavy atom. The molecule has 2 aromatic rings. The summed E-state index contributed by atoms with van der Waals surface area (Å²) in [6.07, 6.45) is 4.84. The molecular weight excluding hydrogens is 494 g/mol. The van der Waals surface area contributed by atoms with Crippen LogP contribution in [0.1, 0.15) is 46.6 Å². The molecule has 8 atom stereocenters. The molecule has 0 aromatic carbocycles. The topological polar surface area (TPSA) is 175 Å². The van der Waals surface area contributed by atoms with E-state index in [1.165, 1.54) is 39.7 Å². The molecule has 38 heavy (non-hydrogen) atoms. The first kappa shape index (κ1) is 29.2. The van der Waals surface area contributed by atoms with Crippen LogP contribution < -0.4 is 22.7 Å². The van der Waals surface area contributed by atoms with Gasteiger partial charge >= 0.3 is 11.4 Å². The van der Waals surface area contributed by atoms with Crippen molar-refractivity contribution in [3.63, 3.8) is 0 Å². The largest absolute Gasteiger partial charge is 0.393 e. The van der Waals surface area contributed by atoms with E-state index in [0.717, 1.165) is 6.42 Å². The lowest BCUT2D eigenvalue weighted by molar-refractivity contribution is -0.0978. The van der Waals surface area contributed by atoms with Crippen molar-refractivity contribution in [1.82, 2.24) is 19.1 Å². The Morgan fingerprint density at radius 2 is 1.63 bits per heavy atom. The Morgan fingerprint density at radius 3 is 2.11 bits per heavy atom. The summed E-state index contributed by atoms with van der Waals surface area (Å²) in [7, 11) is 0. The number of nitrogens with two attached hydrogens (primary N) is 1. The van der Waals surface area contributed by atoms with Gasteiger partial charge in [0.1, 0.15) is 23.9 Å². The third kappa shape index (κ3) is 5.04. The van der Waals surface area contributed by atoms with Crippen LogP contribution in [0.4, 0.5) is 5.82 Å². The van der Waals surface area contributed by atoms with E-state index in [4.69, 9.17) is 15.2 Å². The lowest BCUT2D eigenvalue weighted by Gasteiger charge is -2.28. The summed E-state index contributed by atoms with van der Waals surface area (Å²) in [6, 6.07) is 2.80.